The predicted molar refractivity (Wildman–Crippen MR) is 95.4 cm³/mol. The Bertz CT molecular complexity index is 839. The molecule has 0 saturated carbocycles. The second-order valence-corrected chi connectivity index (χ2v) is 5.26. The minimum Gasteiger partial charge on any atom is -0.445 e. The zero-order valence-electron chi connectivity index (χ0n) is 13.2. The monoisotopic (exact) mass is 318 g/mol. The van der Waals surface area contributed by atoms with Gasteiger partial charge in [-0.3, -0.25) is 4.98 Å². The number of amides is 1. The molecule has 24 heavy (non-hydrogen) atoms. The molecule has 0 bridgehead atoms. The summed E-state index contributed by atoms with van der Waals surface area (Å²) in [7, 11) is 0. The van der Waals surface area contributed by atoms with Crippen LogP contribution in [0.25, 0.3) is 17.0 Å². The van der Waals surface area contributed by atoms with Crippen LogP contribution in [0.1, 0.15) is 11.1 Å². The smallest absolute Gasteiger partial charge is 0.407 e. The number of benzene rings is 2. The van der Waals surface area contributed by atoms with Crippen LogP contribution < -0.4 is 5.32 Å². The number of para-hydroxylation sites is 1. The Morgan fingerprint density at radius 2 is 1.83 bits per heavy atom. The minimum absolute atomic E-state index is 0.269. The van der Waals surface area contributed by atoms with Crippen molar-refractivity contribution in [3.05, 3.63) is 84.1 Å². The van der Waals surface area contributed by atoms with Crippen LogP contribution in [-0.2, 0) is 11.3 Å². The molecular formula is C20H18N2O2. The fraction of sp³-hybridized carbons (Fsp3) is 0.100. The Morgan fingerprint density at radius 1 is 1.04 bits per heavy atom. The van der Waals surface area contributed by atoms with Gasteiger partial charge in [0.05, 0.1) is 5.52 Å². The number of fused-ring (bicyclic) bond motifs is 1. The van der Waals surface area contributed by atoms with Crippen LogP contribution in [0.5, 0.6) is 0 Å². The molecule has 3 rings (SSSR count). The van der Waals surface area contributed by atoms with E-state index in [-0.39, 0.29) is 6.61 Å². The van der Waals surface area contributed by atoms with E-state index in [4.69, 9.17) is 4.74 Å². The standard InChI is InChI=1S/C20H18N2O2/c23-20(24-15-16-7-2-1-3-8-16)22-13-6-9-17-12-14-21-19-11-5-4-10-18(17)19/h1-12,14H,13,15H2,(H,22,23). The van der Waals surface area contributed by atoms with Gasteiger partial charge in [-0.25, -0.2) is 4.79 Å². The molecule has 3 aromatic rings. The SMILES string of the molecule is O=C(NCC=Cc1ccnc2ccccc12)OCc1ccccc1. The molecule has 0 aliphatic rings. The van der Waals surface area contributed by atoms with Gasteiger partial charge in [-0.2, -0.15) is 0 Å². The van der Waals surface area contributed by atoms with Crippen molar-refractivity contribution in [3.63, 3.8) is 0 Å². The first-order chi connectivity index (χ1) is 11.8. The number of pyridine rings is 1. The molecule has 0 unspecified atom stereocenters. The van der Waals surface area contributed by atoms with E-state index in [1.807, 2.05) is 72.8 Å². The lowest BCUT2D eigenvalue weighted by Crippen LogP contribution is -2.24. The summed E-state index contributed by atoms with van der Waals surface area (Å²) in [4.78, 5) is 16.0. The number of nitrogens with zero attached hydrogens (tertiary/aromatic N) is 1. The molecule has 4 nitrogen and oxygen atoms in total. The summed E-state index contributed by atoms with van der Waals surface area (Å²) in [5.41, 5.74) is 2.99. The summed E-state index contributed by atoms with van der Waals surface area (Å²) in [6.07, 6.45) is 5.22. The molecule has 0 atom stereocenters. The van der Waals surface area contributed by atoms with Crippen molar-refractivity contribution >= 4 is 23.1 Å². The van der Waals surface area contributed by atoms with Crippen LogP contribution in [0, 0.1) is 0 Å². The number of carbonyl (C=O) groups is 1. The van der Waals surface area contributed by atoms with Crippen molar-refractivity contribution in [1.82, 2.24) is 10.3 Å². The fourth-order valence-corrected chi connectivity index (χ4v) is 2.37. The first-order valence-corrected chi connectivity index (χ1v) is 7.78. The van der Waals surface area contributed by atoms with E-state index in [2.05, 4.69) is 10.3 Å². The van der Waals surface area contributed by atoms with Crippen LogP contribution >= 0.6 is 0 Å². The van der Waals surface area contributed by atoms with Gasteiger partial charge >= 0.3 is 6.09 Å². The summed E-state index contributed by atoms with van der Waals surface area (Å²) in [5, 5.41) is 3.79. The van der Waals surface area contributed by atoms with Crippen molar-refractivity contribution in [2.24, 2.45) is 0 Å². The maximum absolute atomic E-state index is 11.7. The zero-order chi connectivity index (χ0) is 16.6. The largest absolute Gasteiger partial charge is 0.445 e. The third kappa shape index (κ3) is 4.20. The summed E-state index contributed by atoms with van der Waals surface area (Å²) in [6, 6.07) is 19.5. The van der Waals surface area contributed by atoms with Crippen LogP contribution in [0.4, 0.5) is 4.79 Å². The number of rotatable bonds is 5. The molecule has 120 valence electrons. The third-order valence-corrected chi connectivity index (χ3v) is 3.56. The number of nitrogens with one attached hydrogen (secondary N) is 1. The number of alkyl carbamates (subject to hydrolysis) is 1. The number of hydrogen-bond donors (Lipinski definition) is 1. The summed E-state index contributed by atoms with van der Waals surface area (Å²) in [5.74, 6) is 0. The molecule has 0 fully saturated rings. The van der Waals surface area contributed by atoms with E-state index < -0.39 is 6.09 Å². The molecule has 0 spiro atoms. The highest BCUT2D eigenvalue weighted by Crippen LogP contribution is 2.17. The molecule has 1 aromatic heterocycles. The van der Waals surface area contributed by atoms with Gasteiger partial charge < -0.3 is 10.1 Å². The molecule has 0 radical (unpaired) electrons. The molecule has 2 aromatic carbocycles. The molecule has 4 heteroatoms. The predicted octanol–water partition coefficient (Wildman–Crippen LogP) is 4.17. The van der Waals surface area contributed by atoms with Crippen LogP contribution in [0.3, 0.4) is 0 Å². The molecular weight excluding hydrogens is 300 g/mol. The highest BCUT2D eigenvalue weighted by Gasteiger charge is 2.01. The average molecular weight is 318 g/mol. The first kappa shape index (κ1) is 15.7. The zero-order valence-corrected chi connectivity index (χ0v) is 13.2. The number of ether oxygens (including phenoxy) is 1. The van der Waals surface area contributed by atoms with E-state index >= 15 is 0 Å². The van der Waals surface area contributed by atoms with Crippen LogP contribution in [0.2, 0.25) is 0 Å². The Morgan fingerprint density at radius 3 is 2.71 bits per heavy atom. The van der Waals surface area contributed by atoms with Gasteiger partial charge in [0.25, 0.3) is 0 Å². The highest BCUT2D eigenvalue weighted by molar-refractivity contribution is 5.87. The normalized spacial score (nSPS) is 10.8. The second-order valence-electron chi connectivity index (χ2n) is 5.26. The lowest BCUT2D eigenvalue weighted by molar-refractivity contribution is 0.141. The van der Waals surface area contributed by atoms with Gasteiger partial charge in [-0.05, 0) is 23.3 Å². The second kappa shape index (κ2) is 7.92. The van der Waals surface area contributed by atoms with Gasteiger partial charge in [-0.15, -0.1) is 0 Å². The van der Waals surface area contributed by atoms with Crippen molar-refractivity contribution < 1.29 is 9.53 Å². The number of aromatic nitrogens is 1. The van der Waals surface area contributed by atoms with E-state index in [1.165, 1.54) is 0 Å². The van der Waals surface area contributed by atoms with Crippen LogP contribution in [-0.4, -0.2) is 17.6 Å². The van der Waals surface area contributed by atoms with Crippen molar-refractivity contribution in [3.8, 4) is 0 Å². The van der Waals surface area contributed by atoms with Crippen molar-refractivity contribution in [1.29, 1.82) is 0 Å². The Labute approximate surface area is 140 Å². The number of carbonyl (C=O) groups excluding carboxylic acids is 1. The number of hydrogen-bond acceptors (Lipinski definition) is 3. The van der Waals surface area contributed by atoms with Gasteiger partial charge in [0, 0.05) is 18.1 Å². The Balaban J connectivity index is 1.50. The maximum atomic E-state index is 11.7. The molecule has 1 N–H and O–H groups in total. The van der Waals surface area contributed by atoms with Gasteiger partial charge in [0.2, 0.25) is 0 Å². The molecule has 1 heterocycles. The molecule has 0 aliphatic carbocycles. The summed E-state index contributed by atoms with van der Waals surface area (Å²) in [6.45, 7) is 0.676. The van der Waals surface area contributed by atoms with E-state index in [9.17, 15) is 4.79 Å². The molecule has 1 amide bonds. The Kier molecular flexibility index (Phi) is 5.20. The molecule has 0 saturated heterocycles. The van der Waals surface area contributed by atoms with Gasteiger partial charge in [-0.1, -0.05) is 60.7 Å². The summed E-state index contributed by atoms with van der Waals surface area (Å²) >= 11 is 0. The van der Waals surface area contributed by atoms with E-state index in [0.717, 1.165) is 22.0 Å². The highest BCUT2D eigenvalue weighted by atomic mass is 16.5. The summed E-state index contributed by atoms with van der Waals surface area (Å²) < 4.78 is 5.16. The average Bonchev–Trinajstić information content (AvgIpc) is 2.64. The molecule has 0 aliphatic heterocycles. The van der Waals surface area contributed by atoms with E-state index in [0.29, 0.717) is 6.54 Å². The van der Waals surface area contributed by atoms with Gasteiger partial charge in [0.15, 0.2) is 0 Å². The van der Waals surface area contributed by atoms with Crippen molar-refractivity contribution in [2.75, 3.05) is 6.54 Å². The lowest BCUT2D eigenvalue weighted by Gasteiger charge is -2.05. The van der Waals surface area contributed by atoms with Gasteiger partial charge in [0.1, 0.15) is 6.61 Å². The van der Waals surface area contributed by atoms with E-state index in [1.54, 1.807) is 6.20 Å². The van der Waals surface area contributed by atoms with Crippen LogP contribution in [0.15, 0.2) is 72.9 Å². The Hall–Kier alpha value is -3.14. The van der Waals surface area contributed by atoms with Crippen molar-refractivity contribution in [2.45, 2.75) is 6.61 Å². The first-order valence-electron chi connectivity index (χ1n) is 7.78. The lowest BCUT2D eigenvalue weighted by atomic mass is 10.1. The third-order valence-electron chi connectivity index (χ3n) is 3.56. The fourth-order valence-electron chi connectivity index (χ4n) is 2.37. The topological polar surface area (TPSA) is 51.2 Å². The minimum atomic E-state index is -0.428. The maximum Gasteiger partial charge on any atom is 0.407 e. The quantitative estimate of drug-likeness (QED) is 0.768.